The number of hydrogen-bond acceptors (Lipinski definition) is 3. The van der Waals surface area contributed by atoms with Gasteiger partial charge < -0.3 is 14.5 Å². The molecule has 15 heavy (non-hydrogen) atoms. The second-order valence-electron chi connectivity index (χ2n) is 4.33. The molecule has 1 rings (SSSR count). The van der Waals surface area contributed by atoms with Crippen LogP contribution in [0.1, 0.15) is 39.0 Å². The second kappa shape index (κ2) is 8.27. The molecule has 0 saturated heterocycles. The van der Waals surface area contributed by atoms with Gasteiger partial charge in [0.2, 0.25) is 0 Å². The first-order valence-electron chi connectivity index (χ1n) is 6.25. The quantitative estimate of drug-likeness (QED) is 0.412. The van der Waals surface area contributed by atoms with Crippen molar-refractivity contribution in [2.75, 3.05) is 19.6 Å². The highest BCUT2D eigenvalue weighted by Crippen LogP contribution is 2.17. The molecule has 1 unspecified atom stereocenters. The van der Waals surface area contributed by atoms with E-state index in [1.807, 2.05) is 6.92 Å². The Kier molecular flexibility index (Phi) is 7.26. The fourth-order valence-corrected chi connectivity index (χ4v) is 3.06. The first kappa shape index (κ1) is 13.2. The smallest absolute Gasteiger partial charge is 0.190 e. The fourth-order valence-electron chi connectivity index (χ4n) is 1.95. The van der Waals surface area contributed by atoms with Crippen LogP contribution in [0.15, 0.2) is 0 Å². The van der Waals surface area contributed by atoms with E-state index in [0.29, 0.717) is 6.79 Å². The summed E-state index contributed by atoms with van der Waals surface area (Å²) in [5.41, 5.74) is 0. The lowest BCUT2D eigenvalue weighted by Crippen LogP contribution is -2.39. The minimum absolute atomic E-state index is 0.482. The minimum atomic E-state index is -1.04. The number of hydrogen-bond donors (Lipinski definition) is 1. The lowest BCUT2D eigenvalue weighted by Gasteiger charge is -2.24. The summed E-state index contributed by atoms with van der Waals surface area (Å²) in [6.45, 7) is 5.46. The Morgan fingerprint density at radius 2 is 2.00 bits per heavy atom. The van der Waals surface area contributed by atoms with Crippen LogP contribution in [0.25, 0.3) is 0 Å². The highest BCUT2D eigenvalue weighted by molar-refractivity contribution is 6.50. The highest BCUT2D eigenvalue weighted by atomic mass is 28.3. The summed E-state index contributed by atoms with van der Waals surface area (Å²) in [7, 11) is -1.04. The van der Waals surface area contributed by atoms with Crippen LogP contribution in [-0.2, 0) is 9.16 Å². The van der Waals surface area contributed by atoms with Crippen molar-refractivity contribution in [3.8, 4) is 0 Å². The van der Waals surface area contributed by atoms with Gasteiger partial charge in [0, 0.05) is 18.8 Å². The van der Waals surface area contributed by atoms with Crippen molar-refractivity contribution in [3.05, 3.63) is 0 Å². The van der Waals surface area contributed by atoms with Crippen LogP contribution in [0.4, 0.5) is 0 Å². The SMILES string of the molecule is CCOCO[SiH](C)CNC1CCCCC1. The lowest BCUT2D eigenvalue weighted by molar-refractivity contribution is 0.0204. The second-order valence-corrected chi connectivity index (χ2v) is 6.69. The van der Waals surface area contributed by atoms with Crippen molar-refractivity contribution in [3.63, 3.8) is 0 Å². The standard InChI is InChI=1S/C11H25NO2Si/c1-3-13-10-14-15(2)9-12-11-7-5-4-6-8-11/h11-12,15H,3-10H2,1-2H3. The average Bonchev–Trinajstić information content (AvgIpc) is 2.28. The van der Waals surface area contributed by atoms with Crippen molar-refractivity contribution in [1.29, 1.82) is 0 Å². The molecule has 0 spiro atoms. The third kappa shape index (κ3) is 6.30. The maximum atomic E-state index is 5.63. The highest BCUT2D eigenvalue weighted by Gasteiger charge is 2.14. The molecule has 0 heterocycles. The minimum Gasteiger partial charge on any atom is -0.397 e. The van der Waals surface area contributed by atoms with Crippen LogP contribution in [0.2, 0.25) is 6.55 Å². The first-order chi connectivity index (χ1) is 7.33. The Labute approximate surface area is 95.3 Å². The molecular weight excluding hydrogens is 206 g/mol. The molecular formula is C11H25NO2Si. The molecule has 1 aliphatic rings. The van der Waals surface area contributed by atoms with Crippen molar-refractivity contribution >= 4 is 9.04 Å². The van der Waals surface area contributed by atoms with Gasteiger partial charge in [-0.3, -0.25) is 0 Å². The zero-order chi connectivity index (χ0) is 10.9. The molecule has 3 nitrogen and oxygen atoms in total. The molecule has 0 bridgehead atoms. The summed E-state index contributed by atoms with van der Waals surface area (Å²) >= 11 is 0. The van der Waals surface area contributed by atoms with Gasteiger partial charge in [-0.15, -0.1) is 0 Å². The number of ether oxygens (including phenoxy) is 1. The van der Waals surface area contributed by atoms with Gasteiger partial charge in [-0.1, -0.05) is 19.3 Å². The van der Waals surface area contributed by atoms with Gasteiger partial charge >= 0.3 is 0 Å². The van der Waals surface area contributed by atoms with Gasteiger partial charge in [0.25, 0.3) is 0 Å². The Morgan fingerprint density at radius 3 is 2.67 bits per heavy atom. The summed E-state index contributed by atoms with van der Waals surface area (Å²) in [6.07, 6.45) is 8.00. The van der Waals surface area contributed by atoms with E-state index in [4.69, 9.17) is 9.16 Å². The largest absolute Gasteiger partial charge is 0.397 e. The van der Waals surface area contributed by atoms with E-state index in [2.05, 4.69) is 11.9 Å². The molecule has 4 heteroatoms. The Bertz CT molecular complexity index is 152. The fraction of sp³-hybridized carbons (Fsp3) is 1.00. The molecule has 1 fully saturated rings. The van der Waals surface area contributed by atoms with E-state index in [9.17, 15) is 0 Å². The van der Waals surface area contributed by atoms with E-state index in [-0.39, 0.29) is 0 Å². The third-order valence-electron chi connectivity index (χ3n) is 2.94. The maximum absolute atomic E-state index is 5.63. The van der Waals surface area contributed by atoms with Crippen LogP contribution in [-0.4, -0.2) is 34.6 Å². The Morgan fingerprint density at radius 1 is 1.27 bits per heavy atom. The Balaban J connectivity index is 1.97. The molecule has 0 aromatic carbocycles. The predicted molar refractivity (Wildman–Crippen MR) is 65.5 cm³/mol. The molecule has 0 aromatic rings. The molecule has 1 aliphatic carbocycles. The van der Waals surface area contributed by atoms with E-state index >= 15 is 0 Å². The third-order valence-corrected chi connectivity index (χ3v) is 4.45. The monoisotopic (exact) mass is 231 g/mol. The molecule has 1 saturated carbocycles. The van der Waals surface area contributed by atoms with Crippen LogP contribution >= 0.6 is 0 Å². The normalized spacial score (nSPS) is 20.4. The molecule has 0 aromatic heterocycles. The van der Waals surface area contributed by atoms with Gasteiger partial charge in [-0.25, -0.2) is 0 Å². The summed E-state index contributed by atoms with van der Waals surface area (Å²) in [5, 5.41) is 3.63. The average molecular weight is 231 g/mol. The number of rotatable bonds is 7. The summed E-state index contributed by atoms with van der Waals surface area (Å²) in [4.78, 5) is 0. The molecule has 0 aliphatic heterocycles. The molecule has 1 N–H and O–H groups in total. The van der Waals surface area contributed by atoms with Gasteiger partial charge in [0.05, 0.1) is 0 Å². The predicted octanol–water partition coefficient (Wildman–Crippen LogP) is 1.81. The zero-order valence-electron chi connectivity index (χ0n) is 10.1. The van der Waals surface area contributed by atoms with Crippen molar-refractivity contribution in [2.24, 2.45) is 0 Å². The summed E-state index contributed by atoms with van der Waals surface area (Å²) in [6, 6.07) is 0.754. The molecule has 0 radical (unpaired) electrons. The van der Waals surface area contributed by atoms with Gasteiger partial charge in [-0.2, -0.15) is 0 Å². The molecule has 1 atom stereocenters. The number of nitrogens with one attached hydrogen (secondary N) is 1. The van der Waals surface area contributed by atoms with E-state index < -0.39 is 9.04 Å². The van der Waals surface area contributed by atoms with E-state index in [1.165, 1.54) is 32.1 Å². The van der Waals surface area contributed by atoms with Gasteiger partial charge in [-0.05, 0) is 26.3 Å². The first-order valence-corrected chi connectivity index (χ1v) is 8.70. The Hall–Kier alpha value is 0.0969. The lowest BCUT2D eigenvalue weighted by atomic mass is 9.96. The summed E-state index contributed by atoms with van der Waals surface area (Å²) in [5.74, 6) is 0. The zero-order valence-corrected chi connectivity index (χ0v) is 11.3. The topological polar surface area (TPSA) is 30.5 Å². The van der Waals surface area contributed by atoms with Crippen LogP contribution < -0.4 is 5.32 Å². The van der Waals surface area contributed by atoms with Gasteiger partial charge in [0.15, 0.2) is 9.04 Å². The van der Waals surface area contributed by atoms with Gasteiger partial charge in [0.1, 0.15) is 6.79 Å². The van der Waals surface area contributed by atoms with Crippen molar-refractivity contribution in [2.45, 2.75) is 51.6 Å². The molecule has 90 valence electrons. The van der Waals surface area contributed by atoms with Crippen LogP contribution in [0.5, 0.6) is 0 Å². The van der Waals surface area contributed by atoms with E-state index in [0.717, 1.165) is 18.8 Å². The van der Waals surface area contributed by atoms with Crippen LogP contribution in [0.3, 0.4) is 0 Å². The maximum Gasteiger partial charge on any atom is 0.190 e. The van der Waals surface area contributed by atoms with Crippen molar-refractivity contribution < 1.29 is 9.16 Å². The molecule has 0 amide bonds. The van der Waals surface area contributed by atoms with E-state index in [1.54, 1.807) is 0 Å². The van der Waals surface area contributed by atoms with Crippen LogP contribution in [0, 0.1) is 0 Å². The van der Waals surface area contributed by atoms with Crippen molar-refractivity contribution in [1.82, 2.24) is 5.32 Å². The summed E-state index contributed by atoms with van der Waals surface area (Å²) < 4.78 is 10.8.